The maximum Gasteiger partial charge on any atom is 0.246 e. The molecule has 3 rings (SSSR count). The zero-order valence-electron chi connectivity index (χ0n) is 12.2. The lowest BCUT2D eigenvalue weighted by molar-refractivity contribution is -0.126. The van der Waals surface area contributed by atoms with E-state index in [2.05, 4.69) is 46.9 Å². The molecule has 1 aromatic heterocycles. The Kier molecular flexibility index (Phi) is 4.97. The highest BCUT2D eigenvalue weighted by Crippen LogP contribution is 2.27. The highest BCUT2D eigenvalue weighted by molar-refractivity contribution is 14.1. The van der Waals surface area contributed by atoms with Crippen LogP contribution in [-0.2, 0) is 4.79 Å². The van der Waals surface area contributed by atoms with Crippen molar-refractivity contribution in [2.45, 2.75) is 18.8 Å². The fraction of sp³-hybridized carbons (Fsp3) is 0.278. The first-order valence-corrected chi connectivity index (χ1v) is 8.57. The standard InChI is InChI=1S/C18H18INO2/c19-17-8-6-16(22-17)7-9-18(21)20-12-10-15(11-13-20)14-4-2-1-3-5-14/h1-9,15H,10-13H2/b9-7+. The Morgan fingerprint density at radius 3 is 2.50 bits per heavy atom. The van der Waals surface area contributed by atoms with Crippen LogP contribution in [0.2, 0.25) is 0 Å². The Morgan fingerprint density at radius 1 is 1.14 bits per heavy atom. The molecule has 1 fully saturated rings. The SMILES string of the molecule is O=C(/C=C/c1ccc(I)o1)N1CCC(c2ccccc2)CC1. The number of nitrogens with zero attached hydrogens (tertiary/aromatic N) is 1. The molecule has 2 heterocycles. The molecule has 0 unspecified atom stereocenters. The number of hydrogen-bond donors (Lipinski definition) is 0. The minimum absolute atomic E-state index is 0.0675. The van der Waals surface area contributed by atoms with Crippen LogP contribution in [0.15, 0.2) is 53.0 Å². The third-order valence-electron chi connectivity index (χ3n) is 4.06. The van der Waals surface area contributed by atoms with Gasteiger partial charge in [0.05, 0.1) is 0 Å². The highest BCUT2D eigenvalue weighted by Gasteiger charge is 2.22. The number of furan rings is 1. The number of amides is 1. The first kappa shape index (κ1) is 15.3. The molecular formula is C18H18INO2. The quantitative estimate of drug-likeness (QED) is 0.562. The maximum atomic E-state index is 12.2. The van der Waals surface area contributed by atoms with E-state index in [1.54, 1.807) is 12.2 Å². The maximum absolute atomic E-state index is 12.2. The molecule has 1 aliphatic rings. The first-order chi connectivity index (χ1) is 10.7. The van der Waals surface area contributed by atoms with E-state index in [0.29, 0.717) is 5.92 Å². The van der Waals surface area contributed by atoms with Gasteiger partial charge >= 0.3 is 0 Å². The molecule has 0 saturated carbocycles. The molecule has 22 heavy (non-hydrogen) atoms. The summed E-state index contributed by atoms with van der Waals surface area (Å²) in [5.74, 6) is 1.36. The highest BCUT2D eigenvalue weighted by atomic mass is 127. The molecule has 0 aliphatic carbocycles. The van der Waals surface area contributed by atoms with Gasteiger partial charge in [0.25, 0.3) is 0 Å². The van der Waals surface area contributed by atoms with Crippen molar-refractivity contribution in [2.75, 3.05) is 13.1 Å². The molecule has 0 atom stereocenters. The summed E-state index contributed by atoms with van der Waals surface area (Å²) in [6.07, 6.45) is 5.41. The summed E-state index contributed by atoms with van der Waals surface area (Å²) in [5.41, 5.74) is 1.38. The van der Waals surface area contributed by atoms with Gasteiger partial charge in [-0.25, -0.2) is 0 Å². The van der Waals surface area contributed by atoms with Gasteiger partial charge in [0.2, 0.25) is 5.91 Å². The predicted molar refractivity (Wildman–Crippen MR) is 95.5 cm³/mol. The Bertz CT molecular complexity index is 655. The zero-order chi connectivity index (χ0) is 15.4. The number of hydrogen-bond acceptors (Lipinski definition) is 2. The number of rotatable bonds is 3. The van der Waals surface area contributed by atoms with Crippen LogP contribution < -0.4 is 0 Å². The average molecular weight is 407 g/mol. The van der Waals surface area contributed by atoms with Crippen LogP contribution in [0.1, 0.15) is 30.1 Å². The normalized spacial score (nSPS) is 16.3. The molecule has 0 N–H and O–H groups in total. The smallest absolute Gasteiger partial charge is 0.246 e. The van der Waals surface area contributed by atoms with Crippen molar-refractivity contribution in [1.29, 1.82) is 0 Å². The third-order valence-corrected chi connectivity index (χ3v) is 4.64. The molecule has 3 nitrogen and oxygen atoms in total. The van der Waals surface area contributed by atoms with Gasteiger partial charge in [-0.1, -0.05) is 30.3 Å². The van der Waals surface area contributed by atoms with Gasteiger partial charge in [-0.3, -0.25) is 4.79 Å². The summed E-state index contributed by atoms with van der Waals surface area (Å²) in [6.45, 7) is 1.64. The fourth-order valence-corrected chi connectivity index (χ4v) is 3.27. The van der Waals surface area contributed by atoms with E-state index < -0.39 is 0 Å². The van der Waals surface area contributed by atoms with Crippen molar-refractivity contribution < 1.29 is 9.21 Å². The van der Waals surface area contributed by atoms with Crippen LogP contribution in [0, 0.1) is 3.77 Å². The number of benzene rings is 1. The summed E-state index contributed by atoms with van der Waals surface area (Å²) in [4.78, 5) is 14.1. The molecule has 114 valence electrons. The number of halogens is 1. The summed E-state index contributed by atoms with van der Waals surface area (Å²) < 4.78 is 6.25. The number of likely N-dealkylation sites (tertiary alicyclic amines) is 1. The van der Waals surface area contributed by atoms with Gasteiger partial charge in [0.15, 0.2) is 3.77 Å². The minimum atomic E-state index is 0.0675. The molecule has 4 heteroatoms. The number of carbonyl (C=O) groups is 1. The minimum Gasteiger partial charge on any atom is -0.451 e. The van der Waals surface area contributed by atoms with E-state index in [-0.39, 0.29) is 5.91 Å². The zero-order valence-corrected chi connectivity index (χ0v) is 14.4. The van der Waals surface area contributed by atoms with Gasteiger partial charge in [-0.05, 0) is 65.1 Å². The lowest BCUT2D eigenvalue weighted by atomic mass is 9.89. The average Bonchev–Trinajstić information content (AvgIpc) is 2.99. The van der Waals surface area contributed by atoms with Crippen molar-refractivity contribution >= 4 is 34.6 Å². The van der Waals surface area contributed by atoms with E-state index in [4.69, 9.17) is 4.42 Å². The monoisotopic (exact) mass is 407 g/mol. The van der Waals surface area contributed by atoms with E-state index in [1.807, 2.05) is 23.1 Å². The summed E-state index contributed by atoms with van der Waals surface area (Å²) in [6, 6.07) is 14.3. The number of carbonyl (C=O) groups excluding carboxylic acids is 1. The largest absolute Gasteiger partial charge is 0.451 e. The molecule has 0 radical (unpaired) electrons. The van der Waals surface area contributed by atoms with Crippen LogP contribution >= 0.6 is 22.6 Å². The van der Waals surface area contributed by atoms with Crippen molar-refractivity contribution in [2.24, 2.45) is 0 Å². The van der Waals surface area contributed by atoms with E-state index >= 15 is 0 Å². The van der Waals surface area contributed by atoms with E-state index in [1.165, 1.54) is 5.56 Å². The van der Waals surface area contributed by atoms with E-state index in [9.17, 15) is 4.79 Å². The Hall–Kier alpha value is -1.56. The molecule has 2 aromatic rings. The summed E-state index contributed by atoms with van der Waals surface area (Å²) in [7, 11) is 0. The lowest BCUT2D eigenvalue weighted by Crippen LogP contribution is -2.36. The lowest BCUT2D eigenvalue weighted by Gasteiger charge is -2.31. The second kappa shape index (κ2) is 7.13. The molecule has 1 amide bonds. The van der Waals surface area contributed by atoms with Crippen molar-refractivity contribution in [3.63, 3.8) is 0 Å². The Morgan fingerprint density at radius 2 is 1.86 bits per heavy atom. The van der Waals surface area contributed by atoms with Crippen LogP contribution in [0.25, 0.3) is 6.08 Å². The van der Waals surface area contributed by atoms with Crippen molar-refractivity contribution in [3.05, 3.63) is 63.6 Å². The molecule has 0 spiro atoms. The molecule has 1 aromatic carbocycles. The van der Waals surface area contributed by atoms with E-state index in [0.717, 1.165) is 35.5 Å². The summed E-state index contributed by atoms with van der Waals surface area (Å²) >= 11 is 2.11. The molecular weight excluding hydrogens is 389 g/mol. The molecule has 1 aliphatic heterocycles. The van der Waals surface area contributed by atoms with Gasteiger partial charge in [-0.15, -0.1) is 0 Å². The van der Waals surface area contributed by atoms with Crippen LogP contribution in [0.5, 0.6) is 0 Å². The second-order valence-electron chi connectivity index (χ2n) is 5.49. The van der Waals surface area contributed by atoms with Crippen LogP contribution in [0.4, 0.5) is 0 Å². The van der Waals surface area contributed by atoms with Crippen molar-refractivity contribution in [1.82, 2.24) is 4.90 Å². The topological polar surface area (TPSA) is 33.5 Å². The Labute approximate surface area is 144 Å². The van der Waals surface area contributed by atoms with Crippen LogP contribution in [-0.4, -0.2) is 23.9 Å². The Balaban J connectivity index is 1.55. The van der Waals surface area contributed by atoms with Gasteiger partial charge in [0, 0.05) is 19.2 Å². The summed E-state index contributed by atoms with van der Waals surface area (Å²) in [5, 5.41) is 0. The van der Waals surface area contributed by atoms with Gasteiger partial charge in [-0.2, -0.15) is 0 Å². The predicted octanol–water partition coefficient (Wildman–Crippen LogP) is 4.30. The second-order valence-corrected chi connectivity index (χ2v) is 6.55. The first-order valence-electron chi connectivity index (χ1n) is 7.49. The van der Waals surface area contributed by atoms with Crippen molar-refractivity contribution in [3.8, 4) is 0 Å². The fourth-order valence-electron chi connectivity index (χ4n) is 2.84. The number of piperidine rings is 1. The van der Waals surface area contributed by atoms with Gasteiger partial charge in [0.1, 0.15) is 5.76 Å². The van der Waals surface area contributed by atoms with Gasteiger partial charge < -0.3 is 9.32 Å². The molecule has 0 bridgehead atoms. The molecule has 1 saturated heterocycles. The third kappa shape index (κ3) is 3.80. The van der Waals surface area contributed by atoms with Crippen LogP contribution in [0.3, 0.4) is 0 Å².